The maximum atomic E-state index is 10.5. The highest BCUT2D eigenvalue weighted by atomic mass is 79.9. The van der Waals surface area contributed by atoms with Crippen LogP contribution in [-0.4, -0.2) is 23.9 Å². The zero-order valence-electron chi connectivity index (χ0n) is 7.28. The fourth-order valence-electron chi connectivity index (χ4n) is 0.920. The molecule has 4 nitrogen and oxygen atoms in total. The minimum Gasteiger partial charge on any atom is -0.304 e. The third kappa shape index (κ3) is 2.75. The Kier molecular flexibility index (Phi) is 3.40. The Labute approximate surface area is 88.4 Å². The van der Waals surface area contributed by atoms with Crippen molar-refractivity contribution in [2.75, 3.05) is 14.1 Å². The first-order valence-electron chi connectivity index (χ1n) is 3.58. The van der Waals surface area contributed by atoms with Gasteiger partial charge < -0.3 is 4.90 Å². The zero-order valence-corrected chi connectivity index (χ0v) is 9.68. The van der Waals surface area contributed by atoms with Crippen LogP contribution in [0.15, 0.2) is 10.5 Å². The van der Waals surface area contributed by atoms with Crippen LogP contribution in [0.1, 0.15) is 4.88 Å². The SMILES string of the molecule is CN(C)Cc1cc(Br)c([N+](=O)[O-])s1. The van der Waals surface area contributed by atoms with Crippen molar-refractivity contribution in [3.63, 3.8) is 0 Å². The molecule has 0 atom stereocenters. The normalized spacial score (nSPS) is 10.8. The number of nitro groups is 1. The van der Waals surface area contributed by atoms with E-state index in [2.05, 4.69) is 15.9 Å². The molecule has 1 rings (SSSR count). The van der Waals surface area contributed by atoms with Gasteiger partial charge in [0.15, 0.2) is 0 Å². The van der Waals surface area contributed by atoms with E-state index in [1.165, 1.54) is 11.3 Å². The van der Waals surface area contributed by atoms with E-state index in [-0.39, 0.29) is 9.92 Å². The van der Waals surface area contributed by atoms with Crippen molar-refractivity contribution in [3.05, 3.63) is 25.5 Å². The van der Waals surface area contributed by atoms with Crippen LogP contribution in [0, 0.1) is 10.1 Å². The summed E-state index contributed by atoms with van der Waals surface area (Å²) in [6.07, 6.45) is 0. The molecule has 0 aliphatic heterocycles. The summed E-state index contributed by atoms with van der Waals surface area (Å²) in [7, 11) is 3.86. The van der Waals surface area contributed by atoms with E-state index in [0.29, 0.717) is 4.47 Å². The Balaban J connectivity index is 2.89. The third-order valence-corrected chi connectivity index (χ3v) is 3.30. The lowest BCUT2D eigenvalue weighted by Crippen LogP contribution is -2.09. The molecule has 0 bridgehead atoms. The Morgan fingerprint density at radius 3 is 2.69 bits per heavy atom. The molecule has 0 saturated heterocycles. The van der Waals surface area contributed by atoms with Gasteiger partial charge in [0.05, 0.1) is 4.92 Å². The molecule has 0 aliphatic carbocycles. The van der Waals surface area contributed by atoms with E-state index in [1.807, 2.05) is 19.0 Å². The van der Waals surface area contributed by atoms with Crippen LogP contribution in [0.2, 0.25) is 0 Å². The van der Waals surface area contributed by atoms with Crippen LogP contribution < -0.4 is 0 Å². The van der Waals surface area contributed by atoms with Crippen molar-refractivity contribution >= 4 is 32.3 Å². The molecule has 0 aliphatic rings. The molecule has 13 heavy (non-hydrogen) atoms. The molecule has 6 heteroatoms. The number of thiophene rings is 1. The fourth-order valence-corrected chi connectivity index (χ4v) is 2.71. The average Bonchev–Trinajstić information content (AvgIpc) is 2.29. The van der Waals surface area contributed by atoms with Crippen molar-refractivity contribution in [1.29, 1.82) is 0 Å². The summed E-state index contributed by atoms with van der Waals surface area (Å²) in [5.74, 6) is 0. The fraction of sp³-hybridized carbons (Fsp3) is 0.429. The average molecular weight is 265 g/mol. The first-order valence-corrected chi connectivity index (χ1v) is 5.19. The van der Waals surface area contributed by atoms with Crippen LogP contribution in [0.3, 0.4) is 0 Å². The van der Waals surface area contributed by atoms with Gasteiger partial charge in [-0.05, 0) is 36.1 Å². The summed E-state index contributed by atoms with van der Waals surface area (Å²) in [5.41, 5.74) is 0. The minimum atomic E-state index is -0.367. The number of nitrogens with zero attached hydrogens (tertiary/aromatic N) is 2. The lowest BCUT2D eigenvalue weighted by Gasteiger charge is -2.05. The van der Waals surface area contributed by atoms with Gasteiger partial charge in [0.2, 0.25) is 0 Å². The van der Waals surface area contributed by atoms with Crippen molar-refractivity contribution < 1.29 is 4.92 Å². The van der Waals surface area contributed by atoms with E-state index in [1.54, 1.807) is 6.07 Å². The lowest BCUT2D eigenvalue weighted by molar-refractivity contribution is -0.380. The highest BCUT2D eigenvalue weighted by Crippen LogP contribution is 2.34. The molecule has 0 aromatic carbocycles. The van der Waals surface area contributed by atoms with E-state index < -0.39 is 0 Å². The Bertz CT molecular complexity index is 324. The largest absolute Gasteiger partial charge is 0.338 e. The van der Waals surface area contributed by atoms with Crippen molar-refractivity contribution in [3.8, 4) is 0 Å². The van der Waals surface area contributed by atoms with Gasteiger partial charge in [-0.2, -0.15) is 0 Å². The standard InChI is InChI=1S/C7H9BrN2O2S/c1-9(2)4-5-3-6(8)7(13-5)10(11)12/h3H,4H2,1-2H3. The second-order valence-corrected chi connectivity index (χ2v) is 4.83. The maximum absolute atomic E-state index is 10.5. The number of rotatable bonds is 3. The predicted octanol–water partition coefficient (Wildman–Crippen LogP) is 2.48. The van der Waals surface area contributed by atoms with Gasteiger partial charge in [0.25, 0.3) is 0 Å². The van der Waals surface area contributed by atoms with Crippen molar-refractivity contribution in [2.45, 2.75) is 6.54 Å². The second kappa shape index (κ2) is 4.17. The van der Waals surface area contributed by atoms with Crippen molar-refractivity contribution in [1.82, 2.24) is 4.90 Å². The molecule has 0 fully saturated rings. The molecule has 0 N–H and O–H groups in total. The molecule has 0 radical (unpaired) electrons. The van der Waals surface area contributed by atoms with Gasteiger partial charge in [-0.3, -0.25) is 10.1 Å². The quantitative estimate of drug-likeness (QED) is 0.623. The van der Waals surface area contributed by atoms with Gasteiger partial charge in [-0.15, -0.1) is 0 Å². The summed E-state index contributed by atoms with van der Waals surface area (Å²) < 4.78 is 0.569. The van der Waals surface area contributed by atoms with Crippen LogP contribution in [-0.2, 0) is 6.54 Å². The summed E-state index contributed by atoms with van der Waals surface area (Å²) in [5, 5.41) is 10.7. The monoisotopic (exact) mass is 264 g/mol. The molecule has 1 aromatic heterocycles. The molecule has 1 heterocycles. The smallest absolute Gasteiger partial charge is 0.304 e. The van der Waals surface area contributed by atoms with Gasteiger partial charge in [0.1, 0.15) is 4.47 Å². The number of hydrogen-bond donors (Lipinski definition) is 0. The molecule has 0 spiro atoms. The predicted molar refractivity (Wildman–Crippen MR) is 56.1 cm³/mol. The second-order valence-electron chi connectivity index (χ2n) is 2.86. The van der Waals surface area contributed by atoms with Crippen LogP contribution in [0.25, 0.3) is 0 Å². The number of halogens is 1. The van der Waals surface area contributed by atoms with Gasteiger partial charge >= 0.3 is 5.00 Å². The molecule has 0 unspecified atom stereocenters. The summed E-state index contributed by atoms with van der Waals surface area (Å²) in [6, 6.07) is 1.79. The molecule has 0 saturated carbocycles. The minimum absolute atomic E-state index is 0.178. The van der Waals surface area contributed by atoms with Gasteiger partial charge in [0, 0.05) is 11.4 Å². The Morgan fingerprint density at radius 1 is 1.69 bits per heavy atom. The highest BCUT2D eigenvalue weighted by molar-refractivity contribution is 9.10. The summed E-state index contributed by atoms with van der Waals surface area (Å²) in [4.78, 5) is 13.1. The summed E-state index contributed by atoms with van der Waals surface area (Å²) >= 11 is 4.37. The third-order valence-electron chi connectivity index (χ3n) is 1.36. The van der Waals surface area contributed by atoms with Crippen molar-refractivity contribution in [2.24, 2.45) is 0 Å². The molecular weight excluding hydrogens is 256 g/mol. The van der Waals surface area contributed by atoms with E-state index in [9.17, 15) is 10.1 Å². The van der Waals surface area contributed by atoms with Crippen LogP contribution in [0.4, 0.5) is 5.00 Å². The van der Waals surface area contributed by atoms with Gasteiger partial charge in [-0.25, -0.2) is 0 Å². The molecule has 1 aromatic rings. The van der Waals surface area contributed by atoms with Crippen LogP contribution in [0.5, 0.6) is 0 Å². The summed E-state index contributed by atoms with van der Waals surface area (Å²) in [6.45, 7) is 0.733. The van der Waals surface area contributed by atoms with Crippen LogP contribution >= 0.6 is 27.3 Å². The molecule has 72 valence electrons. The van der Waals surface area contributed by atoms with E-state index in [0.717, 1.165) is 11.4 Å². The lowest BCUT2D eigenvalue weighted by atomic mass is 10.4. The maximum Gasteiger partial charge on any atom is 0.338 e. The topological polar surface area (TPSA) is 46.4 Å². The van der Waals surface area contributed by atoms with Gasteiger partial charge in [-0.1, -0.05) is 11.3 Å². The molecular formula is C7H9BrN2O2S. The Morgan fingerprint density at radius 2 is 2.31 bits per heavy atom. The van der Waals surface area contributed by atoms with E-state index in [4.69, 9.17) is 0 Å². The number of hydrogen-bond acceptors (Lipinski definition) is 4. The molecule has 0 amide bonds. The van der Waals surface area contributed by atoms with E-state index >= 15 is 0 Å². The Hall–Kier alpha value is -0.460. The highest BCUT2D eigenvalue weighted by Gasteiger charge is 2.16. The first kappa shape index (κ1) is 10.6. The zero-order chi connectivity index (χ0) is 10.0. The first-order chi connectivity index (χ1) is 6.00.